The van der Waals surface area contributed by atoms with E-state index in [0.717, 1.165) is 31.7 Å². The third-order valence-corrected chi connectivity index (χ3v) is 5.12. The van der Waals surface area contributed by atoms with Crippen LogP contribution in [0.4, 0.5) is 5.82 Å². The lowest BCUT2D eigenvalue weighted by molar-refractivity contribution is -0.112. The summed E-state index contributed by atoms with van der Waals surface area (Å²) in [5.74, 6) is 1.11. The second kappa shape index (κ2) is 6.81. The fourth-order valence-corrected chi connectivity index (χ4v) is 3.68. The molecular formula is C19H20N4O3. The highest BCUT2D eigenvalue weighted by molar-refractivity contribution is 5.91. The quantitative estimate of drug-likeness (QED) is 0.823. The second-order valence-electron chi connectivity index (χ2n) is 6.72. The van der Waals surface area contributed by atoms with Gasteiger partial charge in [-0.15, -0.1) is 0 Å². The number of furan rings is 1. The zero-order valence-corrected chi connectivity index (χ0v) is 14.4. The lowest BCUT2D eigenvalue weighted by Gasteiger charge is -2.47. The van der Waals surface area contributed by atoms with E-state index in [2.05, 4.69) is 16.0 Å². The number of nitriles is 1. The molecule has 0 atom stereocenters. The van der Waals surface area contributed by atoms with E-state index in [1.165, 1.54) is 6.26 Å². The minimum absolute atomic E-state index is 0.0801. The van der Waals surface area contributed by atoms with Gasteiger partial charge in [-0.3, -0.25) is 4.79 Å². The summed E-state index contributed by atoms with van der Waals surface area (Å²) in [7, 11) is 0. The van der Waals surface area contributed by atoms with Crippen LogP contribution in [-0.2, 0) is 4.74 Å². The first-order chi connectivity index (χ1) is 12.7. The monoisotopic (exact) mass is 352 g/mol. The summed E-state index contributed by atoms with van der Waals surface area (Å²) in [6.07, 6.45) is 3.14. The molecule has 134 valence electrons. The summed E-state index contributed by atoms with van der Waals surface area (Å²) in [5, 5.41) is 9.02. The Morgan fingerprint density at radius 3 is 2.77 bits per heavy atom. The van der Waals surface area contributed by atoms with E-state index in [9.17, 15) is 4.79 Å². The molecule has 0 saturated carbocycles. The van der Waals surface area contributed by atoms with Crippen LogP contribution < -0.4 is 4.90 Å². The molecule has 0 aromatic carbocycles. The van der Waals surface area contributed by atoms with Crippen LogP contribution in [-0.4, -0.2) is 54.2 Å². The maximum atomic E-state index is 12.6. The number of hydrogen-bond donors (Lipinski definition) is 0. The summed E-state index contributed by atoms with van der Waals surface area (Å²) in [6.45, 7) is 3.26. The SMILES string of the molecule is N#Cc1cccc(N2CCC3(CC2)CN(C(=O)c2ccco2)CCO3)n1. The van der Waals surface area contributed by atoms with Crippen LogP contribution in [0.2, 0.25) is 0 Å². The Morgan fingerprint density at radius 1 is 1.19 bits per heavy atom. The highest BCUT2D eigenvalue weighted by Crippen LogP contribution is 2.32. The van der Waals surface area contributed by atoms with Gasteiger partial charge in [0.2, 0.25) is 0 Å². The summed E-state index contributed by atoms with van der Waals surface area (Å²) in [4.78, 5) is 20.9. The number of morpholine rings is 1. The molecule has 7 heteroatoms. The number of rotatable bonds is 2. The van der Waals surface area contributed by atoms with Crippen molar-refractivity contribution in [3.63, 3.8) is 0 Å². The fraction of sp³-hybridized carbons (Fsp3) is 0.421. The van der Waals surface area contributed by atoms with Crippen molar-refractivity contribution >= 4 is 11.7 Å². The third kappa shape index (κ3) is 3.16. The number of anilines is 1. The maximum absolute atomic E-state index is 12.6. The van der Waals surface area contributed by atoms with Crippen LogP contribution >= 0.6 is 0 Å². The van der Waals surface area contributed by atoms with Crippen LogP contribution in [0, 0.1) is 11.3 Å². The molecule has 2 aromatic rings. The summed E-state index contributed by atoms with van der Waals surface area (Å²) in [5.41, 5.74) is 0.107. The number of carbonyl (C=O) groups is 1. The van der Waals surface area contributed by atoms with Gasteiger partial charge in [-0.05, 0) is 37.1 Å². The van der Waals surface area contributed by atoms with E-state index < -0.39 is 0 Å². The average Bonchev–Trinajstić information content (AvgIpc) is 3.23. The highest BCUT2D eigenvalue weighted by atomic mass is 16.5. The van der Waals surface area contributed by atoms with E-state index in [1.54, 1.807) is 18.2 Å². The summed E-state index contributed by atoms with van der Waals surface area (Å²) in [6, 6.07) is 11.0. The highest BCUT2D eigenvalue weighted by Gasteiger charge is 2.41. The van der Waals surface area contributed by atoms with E-state index >= 15 is 0 Å². The number of piperidine rings is 1. The Kier molecular flexibility index (Phi) is 4.35. The number of nitrogens with zero attached hydrogens (tertiary/aromatic N) is 4. The molecule has 2 aliphatic rings. The first-order valence-corrected chi connectivity index (χ1v) is 8.78. The van der Waals surface area contributed by atoms with Crippen LogP contribution in [0.5, 0.6) is 0 Å². The maximum Gasteiger partial charge on any atom is 0.289 e. The van der Waals surface area contributed by atoms with E-state index in [-0.39, 0.29) is 11.5 Å². The molecule has 4 rings (SSSR count). The fourth-order valence-electron chi connectivity index (χ4n) is 3.68. The van der Waals surface area contributed by atoms with Gasteiger partial charge in [0.25, 0.3) is 5.91 Å². The van der Waals surface area contributed by atoms with E-state index in [4.69, 9.17) is 14.4 Å². The van der Waals surface area contributed by atoms with Crippen molar-refractivity contribution in [3.05, 3.63) is 48.0 Å². The van der Waals surface area contributed by atoms with Crippen LogP contribution in [0.3, 0.4) is 0 Å². The average molecular weight is 352 g/mol. The zero-order valence-electron chi connectivity index (χ0n) is 14.4. The summed E-state index contributed by atoms with van der Waals surface area (Å²) >= 11 is 0. The first kappa shape index (κ1) is 16.6. The van der Waals surface area contributed by atoms with Crippen LogP contribution in [0.1, 0.15) is 29.1 Å². The zero-order chi connectivity index (χ0) is 18.0. The molecule has 0 bridgehead atoms. The molecule has 2 aromatic heterocycles. The predicted octanol–water partition coefficient (Wildman–Crippen LogP) is 2.06. The van der Waals surface area contributed by atoms with Crippen LogP contribution in [0.25, 0.3) is 0 Å². The van der Waals surface area contributed by atoms with Crippen LogP contribution in [0.15, 0.2) is 41.0 Å². The van der Waals surface area contributed by atoms with Gasteiger partial charge in [0.1, 0.15) is 17.6 Å². The van der Waals surface area contributed by atoms with Gasteiger partial charge in [-0.25, -0.2) is 4.98 Å². The number of amides is 1. The van der Waals surface area contributed by atoms with E-state index in [0.29, 0.717) is 31.2 Å². The third-order valence-electron chi connectivity index (χ3n) is 5.12. The molecular weight excluding hydrogens is 332 g/mol. The number of aromatic nitrogens is 1. The number of hydrogen-bond acceptors (Lipinski definition) is 6. The minimum atomic E-state index is -0.316. The van der Waals surface area contributed by atoms with Gasteiger partial charge >= 0.3 is 0 Å². The van der Waals surface area contributed by atoms with Crippen molar-refractivity contribution in [2.75, 3.05) is 37.7 Å². The number of carbonyl (C=O) groups excluding carboxylic acids is 1. The van der Waals surface area contributed by atoms with Crippen molar-refractivity contribution in [1.29, 1.82) is 5.26 Å². The van der Waals surface area contributed by atoms with Gasteiger partial charge in [0.15, 0.2) is 5.76 Å². The standard InChI is InChI=1S/C19H20N4O3/c20-13-15-3-1-5-17(21-15)22-8-6-19(7-9-22)14-23(10-12-26-19)18(24)16-4-2-11-25-16/h1-5,11H,6-10,12,14H2. The molecule has 0 aliphatic carbocycles. The summed E-state index contributed by atoms with van der Waals surface area (Å²) < 4.78 is 11.4. The van der Waals surface area contributed by atoms with Crippen molar-refractivity contribution in [3.8, 4) is 6.07 Å². The molecule has 1 amide bonds. The lowest BCUT2D eigenvalue weighted by Crippen LogP contribution is -2.58. The predicted molar refractivity (Wildman–Crippen MR) is 93.7 cm³/mol. The smallest absolute Gasteiger partial charge is 0.289 e. The molecule has 2 fully saturated rings. The van der Waals surface area contributed by atoms with Crippen molar-refractivity contribution < 1.29 is 13.9 Å². The molecule has 0 unspecified atom stereocenters. The number of pyridine rings is 1. The molecule has 2 saturated heterocycles. The molecule has 2 aliphatic heterocycles. The molecule has 26 heavy (non-hydrogen) atoms. The van der Waals surface area contributed by atoms with Crippen molar-refractivity contribution in [2.24, 2.45) is 0 Å². The minimum Gasteiger partial charge on any atom is -0.459 e. The lowest BCUT2D eigenvalue weighted by atomic mass is 9.89. The van der Waals surface area contributed by atoms with Crippen molar-refractivity contribution in [2.45, 2.75) is 18.4 Å². The van der Waals surface area contributed by atoms with Gasteiger partial charge in [-0.1, -0.05) is 6.07 Å². The van der Waals surface area contributed by atoms with Gasteiger partial charge < -0.3 is 19.0 Å². The number of ether oxygens (including phenoxy) is 1. The topological polar surface area (TPSA) is 82.6 Å². The molecule has 1 spiro atoms. The first-order valence-electron chi connectivity index (χ1n) is 8.78. The van der Waals surface area contributed by atoms with Gasteiger partial charge in [0.05, 0.1) is 25.0 Å². The molecule has 0 radical (unpaired) electrons. The largest absolute Gasteiger partial charge is 0.459 e. The second-order valence-corrected chi connectivity index (χ2v) is 6.72. The molecule has 7 nitrogen and oxygen atoms in total. The van der Waals surface area contributed by atoms with Gasteiger partial charge in [-0.2, -0.15) is 5.26 Å². The normalized spacial score (nSPS) is 19.3. The molecule has 0 N–H and O–H groups in total. The molecule has 4 heterocycles. The van der Waals surface area contributed by atoms with Crippen molar-refractivity contribution in [1.82, 2.24) is 9.88 Å². The van der Waals surface area contributed by atoms with Gasteiger partial charge in [0, 0.05) is 19.6 Å². The Balaban J connectivity index is 1.43. The Hall–Kier alpha value is -2.85. The Bertz CT molecular complexity index is 820. The van der Waals surface area contributed by atoms with E-state index in [1.807, 2.05) is 17.0 Å². The Morgan fingerprint density at radius 2 is 2.04 bits per heavy atom. The Labute approximate surface area is 151 Å².